The van der Waals surface area contributed by atoms with Gasteiger partial charge in [0.05, 0.1) is 0 Å². The highest BCUT2D eigenvalue weighted by Gasteiger charge is 2.24. The Balaban J connectivity index is 0.000000313. The number of aryl methyl sites for hydroxylation is 1. The molecule has 0 aliphatic heterocycles. The summed E-state index contributed by atoms with van der Waals surface area (Å²) in [7, 11) is -4.38. The molecule has 4 N–H and O–H groups in total. The Morgan fingerprint density at radius 2 is 1.70 bits per heavy atom. The number of hydrogen-bond acceptors (Lipinski definition) is 4. The number of hydrogen-bond donors (Lipinski definition) is 3. The Bertz CT molecular complexity index is 1030. The molecular weight excluding hydrogens is 362 g/mol. The van der Waals surface area contributed by atoms with Gasteiger partial charge in [-0.15, -0.1) is 0 Å². The molecule has 3 rings (SSSR count). The number of nitrogen functional groups attached to an aromatic ring is 1. The zero-order valence-electron chi connectivity index (χ0n) is 15.7. The van der Waals surface area contributed by atoms with Crippen molar-refractivity contribution in [1.29, 1.82) is 0 Å². The summed E-state index contributed by atoms with van der Waals surface area (Å²) in [6, 6.07) is 16.3. The predicted octanol–water partition coefficient (Wildman–Crippen LogP) is 4.88. The largest absolute Gasteiger partial charge is 0.507 e. The second-order valence-electron chi connectivity index (χ2n) is 6.56. The molecule has 27 heavy (non-hydrogen) atoms. The van der Waals surface area contributed by atoms with Gasteiger partial charge in [0, 0.05) is 16.6 Å². The molecule has 0 spiro atoms. The smallest absolute Gasteiger partial charge is 0.294 e. The number of rotatable bonds is 3. The van der Waals surface area contributed by atoms with Gasteiger partial charge >= 0.3 is 0 Å². The number of anilines is 1. The van der Waals surface area contributed by atoms with Gasteiger partial charge < -0.3 is 10.8 Å². The number of phenolic OH excluding ortho intramolecular Hbond substituents is 1. The lowest BCUT2D eigenvalue weighted by Gasteiger charge is -2.17. The minimum atomic E-state index is -4.38. The van der Waals surface area contributed by atoms with Crippen LogP contribution in [0.2, 0.25) is 0 Å². The van der Waals surface area contributed by atoms with Crippen molar-refractivity contribution >= 4 is 26.6 Å². The molecule has 3 aromatic carbocycles. The molecule has 0 amide bonds. The van der Waals surface area contributed by atoms with Crippen molar-refractivity contribution in [3.8, 4) is 5.75 Å². The van der Waals surface area contributed by atoms with E-state index in [1.165, 1.54) is 6.07 Å². The number of fused-ring (bicyclic) bond motifs is 1. The first-order chi connectivity index (χ1) is 12.6. The van der Waals surface area contributed by atoms with Gasteiger partial charge in [-0.2, -0.15) is 8.42 Å². The van der Waals surface area contributed by atoms with E-state index in [1.54, 1.807) is 12.1 Å². The summed E-state index contributed by atoms with van der Waals surface area (Å²) in [4.78, 5) is -0.206. The average molecular weight is 388 g/mol. The Morgan fingerprint density at radius 3 is 2.19 bits per heavy atom. The summed E-state index contributed by atoms with van der Waals surface area (Å²) >= 11 is 0. The molecule has 0 radical (unpaired) electrons. The molecule has 5 nitrogen and oxygen atoms in total. The standard InChI is InChI=1S/C15H18O4S.C6H7N/c1-4-10(3)14-13(20(17,18)19)8-11-7-9(2)5-6-12(11)15(14)16;7-6-4-2-1-3-5-6/h5-8,10,16H,4H2,1-3H3,(H,17,18,19);1-5H,7H2. The van der Waals surface area contributed by atoms with Crippen LogP contribution >= 0.6 is 0 Å². The van der Waals surface area contributed by atoms with E-state index in [9.17, 15) is 18.1 Å². The highest BCUT2D eigenvalue weighted by Crippen LogP contribution is 2.39. The predicted molar refractivity (Wildman–Crippen MR) is 110 cm³/mol. The zero-order chi connectivity index (χ0) is 20.2. The summed E-state index contributed by atoms with van der Waals surface area (Å²) < 4.78 is 32.6. The Kier molecular flexibility index (Phi) is 6.46. The van der Waals surface area contributed by atoms with Crippen molar-refractivity contribution in [2.24, 2.45) is 0 Å². The highest BCUT2D eigenvalue weighted by atomic mass is 32.2. The molecule has 0 saturated carbocycles. The molecule has 0 saturated heterocycles. The molecule has 6 heteroatoms. The van der Waals surface area contributed by atoms with Gasteiger partial charge in [0.1, 0.15) is 10.6 Å². The van der Waals surface area contributed by atoms with Crippen LogP contribution in [-0.2, 0) is 10.1 Å². The van der Waals surface area contributed by atoms with Gasteiger partial charge in [-0.3, -0.25) is 4.55 Å². The number of aromatic hydroxyl groups is 1. The maximum atomic E-state index is 11.6. The van der Waals surface area contributed by atoms with E-state index in [2.05, 4.69) is 0 Å². The minimum absolute atomic E-state index is 0.0653. The maximum Gasteiger partial charge on any atom is 0.294 e. The molecule has 0 fully saturated rings. The second-order valence-corrected chi connectivity index (χ2v) is 7.95. The molecular formula is C21H25NO4S. The number of para-hydroxylation sites is 1. The van der Waals surface area contributed by atoms with Crippen LogP contribution in [0.3, 0.4) is 0 Å². The monoisotopic (exact) mass is 387 g/mol. The molecule has 0 bridgehead atoms. The van der Waals surface area contributed by atoms with Gasteiger partial charge in [0.25, 0.3) is 10.1 Å². The molecule has 3 aromatic rings. The molecule has 0 aromatic heterocycles. The van der Waals surface area contributed by atoms with Crippen LogP contribution in [-0.4, -0.2) is 18.1 Å². The van der Waals surface area contributed by atoms with Crippen LogP contribution in [0.15, 0.2) is 59.5 Å². The van der Waals surface area contributed by atoms with E-state index in [-0.39, 0.29) is 22.1 Å². The van der Waals surface area contributed by atoms with Crippen molar-refractivity contribution in [3.05, 3.63) is 65.7 Å². The Hall–Kier alpha value is -2.57. The van der Waals surface area contributed by atoms with Gasteiger partial charge in [-0.1, -0.05) is 55.8 Å². The fourth-order valence-electron chi connectivity index (χ4n) is 2.84. The molecule has 1 atom stereocenters. The van der Waals surface area contributed by atoms with Crippen LogP contribution in [0.25, 0.3) is 10.8 Å². The second kappa shape index (κ2) is 8.41. The van der Waals surface area contributed by atoms with Crippen molar-refractivity contribution in [1.82, 2.24) is 0 Å². The van der Waals surface area contributed by atoms with E-state index in [4.69, 9.17) is 5.73 Å². The van der Waals surface area contributed by atoms with E-state index in [0.717, 1.165) is 11.3 Å². The summed E-state index contributed by atoms with van der Waals surface area (Å²) in [5, 5.41) is 11.6. The zero-order valence-corrected chi connectivity index (χ0v) is 16.5. The van der Waals surface area contributed by atoms with Gasteiger partial charge in [0.15, 0.2) is 0 Å². The third kappa shape index (κ3) is 4.99. The lowest BCUT2D eigenvalue weighted by Crippen LogP contribution is -2.06. The van der Waals surface area contributed by atoms with Crippen LogP contribution < -0.4 is 5.73 Å². The lowest BCUT2D eigenvalue weighted by molar-refractivity contribution is 0.456. The first-order valence-electron chi connectivity index (χ1n) is 8.69. The minimum Gasteiger partial charge on any atom is -0.507 e. The molecule has 0 aliphatic rings. The maximum absolute atomic E-state index is 11.6. The first-order valence-corrected chi connectivity index (χ1v) is 10.1. The average Bonchev–Trinajstić information content (AvgIpc) is 2.61. The summed E-state index contributed by atoms with van der Waals surface area (Å²) in [5.74, 6) is -0.234. The van der Waals surface area contributed by atoms with Crippen molar-refractivity contribution < 1.29 is 18.1 Å². The molecule has 1 unspecified atom stereocenters. The quantitative estimate of drug-likeness (QED) is 0.439. The summed E-state index contributed by atoms with van der Waals surface area (Å²) in [6.45, 7) is 5.60. The molecule has 0 aliphatic carbocycles. The summed E-state index contributed by atoms with van der Waals surface area (Å²) in [5.41, 5.74) is 7.42. The number of phenols is 1. The van der Waals surface area contributed by atoms with Crippen LogP contribution in [0.1, 0.15) is 37.3 Å². The van der Waals surface area contributed by atoms with Gasteiger partial charge in [-0.25, -0.2) is 0 Å². The Labute approximate surface area is 160 Å². The lowest BCUT2D eigenvalue weighted by atomic mass is 9.94. The van der Waals surface area contributed by atoms with Crippen LogP contribution in [0, 0.1) is 6.92 Å². The number of nitrogens with two attached hydrogens (primary N) is 1. The van der Waals surface area contributed by atoms with Gasteiger partial charge in [-0.05, 0) is 42.8 Å². The van der Waals surface area contributed by atoms with Gasteiger partial charge in [0.2, 0.25) is 0 Å². The normalized spacial score (nSPS) is 12.3. The third-order valence-electron chi connectivity index (χ3n) is 4.45. The molecule has 0 heterocycles. The van der Waals surface area contributed by atoms with E-state index in [1.807, 2.05) is 57.2 Å². The van der Waals surface area contributed by atoms with E-state index in [0.29, 0.717) is 17.2 Å². The van der Waals surface area contributed by atoms with Crippen molar-refractivity contribution in [2.45, 2.75) is 38.0 Å². The fraction of sp³-hybridized carbons (Fsp3) is 0.238. The Morgan fingerprint density at radius 1 is 1.07 bits per heavy atom. The molecule has 144 valence electrons. The SMILES string of the molecule is CCC(C)c1c(S(=O)(=O)O)cc2cc(C)ccc2c1O.Nc1ccccc1. The first kappa shape index (κ1) is 20.7. The third-order valence-corrected chi connectivity index (χ3v) is 5.35. The van der Waals surface area contributed by atoms with Crippen molar-refractivity contribution in [2.75, 3.05) is 5.73 Å². The fourth-order valence-corrected chi connectivity index (χ4v) is 3.70. The highest BCUT2D eigenvalue weighted by molar-refractivity contribution is 7.85. The number of benzene rings is 3. The topological polar surface area (TPSA) is 101 Å². The van der Waals surface area contributed by atoms with Crippen LogP contribution in [0.4, 0.5) is 5.69 Å². The van der Waals surface area contributed by atoms with E-state index < -0.39 is 10.1 Å². The summed E-state index contributed by atoms with van der Waals surface area (Å²) in [6.07, 6.45) is 0.660. The van der Waals surface area contributed by atoms with Crippen LogP contribution in [0.5, 0.6) is 5.75 Å². The van der Waals surface area contributed by atoms with Crippen molar-refractivity contribution in [3.63, 3.8) is 0 Å². The van der Waals surface area contributed by atoms with E-state index >= 15 is 0 Å².